The van der Waals surface area contributed by atoms with Gasteiger partial charge in [0.1, 0.15) is 0 Å². The van der Waals surface area contributed by atoms with Crippen LogP contribution < -0.4 is 4.90 Å². The molecule has 0 spiro atoms. The molecule has 0 atom stereocenters. The Hall–Kier alpha value is -8.52. The third-order valence-corrected chi connectivity index (χ3v) is 16.6. The first-order chi connectivity index (χ1) is 35.1. The second-order valence-corrected chi connectivity index (χ2v) is 19.7. The van der Waals surface area contributed by atoms with E-state index in [1.54, 1.807) is 0 Å². The van der Waals surface area contributed by atoms with Crippen LogP contribution in [0.4, 0.5) is 17.1 Å². The molecule has 1 heteroatoms. The Morgan fingerprint density at radius 1 is 0.380 bits per heavy atom. The molecule has 336 valence electrons. The molecule has 0 heterocycles. The van der Waals surface area contributed by atoms with Crippen molar-refractivity contribution in [1.29, 1.82) is 0 Å². The molecule has 0 aromatic heterocycles. The third-order valence-electron chi connectivity index (χ3n) is 16.6. The number of rotatable bonds is 9. The van der Waals surface area contributed by atoms with Crippen molar-refractivity contribution in [3.8, 4) is 22.3 Å². The van der Waals surface area contributed by atoms with Gasteiger partial charge < -0.3 is 4.90 Å². The van der Waals surface area contributed by atoms with E-state index in [0.29, 0.717) is 0 Å². The maximum absolute atomic E-state index is 2.52. The lowest BCUT2D eigenvalue weighted by molar-refractivity contribution is 0.490. The van der Waals surface area contributed by atoms with Crippen molar-refractivity contribution in [3.05, 3.63) is 281 Å². The fourth-order valence-corrected chi connectivity index (χ4v) is 13.4. The summed E-state index contributed by atoms with van der Waals surface area (Å²) < 4.78 is 0. The third kappa shape index (κ3) is 5.87. The van der Waals surface area contributed by atoms with Crippen molar-refractivity contribution in [3.63, 3.8) is 0 Å². The van der Waals surface area contributed by atoms with Crippen molar-refractivity contribution in [1.82, 2.24) is 0 Å². The molecule has 0 bridgehead atoms. The van der Waals surface area contributed by atoms with Crippen LogP contribution in [0.15, 0.2) is 237 Å². The fourth-order valence-electron chi connectivity index (χ4n) is 13.4. The lowest BCUT2D eigenvalue weighted by atomic mass is 9.67. The zero-order chi connectivity index (χ0) is 47.3. The summed E-state index contributed by atoms with van der Waals surface area (Å²) >= 11 is 0. The van der Waals surface area contributed by atoms with Crippen LogP contribution in [-0.4, -0.2) is 0 Å². The Labute approximate surface area is 416 Å². The molecule has 0 aliphatic heterocycles. The Bertz CT molecular complexity index is 3980. The summed E-state index contributed by atoms with van der Waals surface area (Å²) in [6, 6.07) is 88.7. The first kappa shape index (κ1) is 41.5. The first-order valence-electron chi connectivity index (χ1n) is 25.4. The van der Waals surface area contributed by atoms with Gasteiger partial charge in [-0.1, -0.05) is 232 Å². The minimum atomic E-state index is -0.427. The second kappa shape index (κ2) is 16.0. The molecule has 0 fully saturated rings. The van der Waals surface area contributed by atoms with Crippen LogP contribution in [0, 0.1) is 0 Å². The topological polar surface area (TPSA) is 3.24 Å². The summed E-state index contributed by atoms with van der Waals surface area (Å²) in [6.07, 6.45) is 6.71. The van der Waals surface area contributed by atoms with Crippen LogP contribution in [0.5, 0.6) is 0 Å². The largest absolute Gasteiger partial charge is 0.310 e. The molecule has 71 heavy (non-hydrogen) atoms. The maximum atomic E-state index is 2.52. The summed E-state index contributed by atoms with van der Waals surface area (Å²) in [5.74, 6) is 0. The molecule has 0 saturated heterocycles. The average Bonchev–Trinajstić information content (AvgIpc) is 3.90. The molecule has 14 rings (SSSR count). The molecule has 0 amide bonds. The van der Waals surface area contributed by atoms with Crippen molar-refractivity contribution < 1.29 is 0 Å². The van der Waals surface area contributed by atoms with E-state index in [1.807, 2.05) is 0 Å². The van der Waals surface area contributed by atoms with Gasteiger partial charge in [-0.15, -0.1) is 0 Å². The van der Waals surface area contributed by atoms with Gasteiger partial charge in [0.25, 0.3) is 0 Å². The predicted octanol–water partition coefficient (Wildman–Crippen LogP) is 18.8. The summed E-state index contributed by atoms with van der Waals surface area (Å²) in [7, 11) is 0. The van der Waals surface area contributed by atoms with Gasteiger partial charge in [0.2, 0.25) is 0 Å². The normalized spacial score (nSPS) is 14.1. The zero-order valence-electron chi connectivity index (χ0n) is 40.0. The molecule has 12 aromatic rings. The minimum Gasteiger partial charge on any atom is -0.310 e. The number of nitrogens with zero attached hydrogens (tertiary/aromatic N) is 1. The highest BCUT2D eigenvalue weighted by Crippen LogP contribution is 2.58. The second-order valence-electron chi connectivity index (χ2n) is 19.7. The van der Waals surface area contributed by atoms with Crippen LogP contribution in [0.2, 0.25) is 0 Å². The van der Waals surface area contributed by atoms with Crippen molar-refractivity contribution in [2.24, 2.45) is 0 Å². The van der Waals surface area contributed by atoms with Crippen molar-refractivity contribution in [2.75, 3.05) is 4.90 Å². The average molecular weight is 906 g/mol. The van der Waals surface area contributed by atoms with Gasteiger partial charge in [0.15, 0.2) is 0 Å². The Morgan fingerprint density at radius 2 is 0.944 bits per heavy atom. The van der Waals surface area contributed by atoms with Gasteiger partial charge in [-0.3, -0.25) is 0 Å². The summed E-state index contributed by atoms with van der Waals surface area (Å²) in [4.78, 5) is 2.50. The van der Waals surface area contributed by atoms with Crippen LogP contribution in [-0.2, 0) is 10.8 Å². The van der Waals surface area contributed by atoms with E-state index in [4.69, 9.17) is 0 Å². The molecule has 2 aliphatic carbocycles. The Morgan fingerprint density at radius 3 is 1.65 bits per heavy atom. The van der Waals surface area contributed by atoms with Gasteiger partial charge in [-0.25, -0.2) is 0 Å². The van der Waals surface area contributed by atoms with Crippen LogP contribution in [0.3, 0.4) is 0 Å². The standard InChI is InChI=1S/C70H51N/c1-3-69(4-2)63-44-46(36-38-48-22-18-35-62-67(48)59-29-14-15-34-61(59)70(62,49-23-8-5-9-24-49)50-25-10-6-11-26-50)37-40-53(63)54-41-39-52(45-64(54)69)71(51-27-12-7-13-28-51)65-43-42-58-56-31-17-21-47-20-16-30-55(66(47)56)57-32-19-33-60(65)68(57)58/h5-45H,3-4H2,1-2H3/b38-36+. The monoisotopic (exact) mass is 905 g/mol. The molecule has 2 aliphatic rings. The van der Waals surface area contributed by atoms with Crippen LogP contribution in [0.1, 0.15) is 71.2 Å². The predicted molar refractivity (Wildman–Crippen MR) is 302 cm³/mol. The molecule has 1 nitrogen and oxygen atoms in total. The lowest BCUT2D eigenvalue weighted by Crippen LogP contribution is -2.28. The highest BCUT2D eigenvalue weighted by Gasteiger charge is 2.46. The Balaban J connectivity index is 0.887. The maximum Gasteiger partial charge on any atom is 0.0713 e. The molecule has 0 unspecified atom stereocenters. The zero-order valence-corrected chi connectivity index (χ0v) is 40.0. The Kier molecular flexibility index (Phi) is 9.35. The molecule has 0 N–H and O–H groups in total. The molecular formula is C70H51N. The smallest absolute Gasteiger partial charge is 0.0713 e. The van der Waals surface area contributed by atoms with Gasteiger partial charge in [-0.2, -0.15) is 0 Å². The number of hydrogen-bond donors (Lipinski definition) is 0. The summed E-state index contributed by atoms with van der Waals surface area (Å²) in [5.41, 5.74) is 18.7. The molecule has 12 aromatic carbocycles. The van der Waals surface area contributed by atoms with Gasteiger partial charge in [0.05, 0.1) is 11.1 Å². The highest BCUT2D eigenvalue weighted by atomic mass is 15.1. The fraction of sp³-hybridized carbons (Fsp3) is 0.0857. The van der Waals surface area contributed by atoms with E-state index in [0.717, 1.165) is 18.5 Å². The van der Waals surface area contributed by atoms with Crippen LogP contribution in [0.25, 0.3) is 77.5 Å². The molecule has 0 radical (unpaired) electrons. The summed E-state index contributed by atoms with van der Waals surface area (Å²) in [5, 5.41) is 10.4. The quantitative estimate of drug-likeness (QED) is 0.0792. The van der Waals surface area contributed by atoms with Crippen molar-refractivity contribution in [2.45, 2.75) is 37.5 Å². The highest BCUT2D eigenvalue weighted by molar-refractivity contribution is 6.34. The number of fused-ring (bicyclic) bond motifs is 8. The van der Waals surface area contributed by atoms with E-state index in [1.165, 1.54) is 121 Å². The number of para-hydroxylation sites is 1. The SMILES string of the molecule is CCC1(CC)c2cc(/C=C/c3cccc4c3-c3ccccc3C4(c3ccccc3)c3ccccc3)ccc2-c2ccc(N(c3ccccc3)c3ccc4c5cccc6cccc(c7cccc3c74)c65)cc21. The van der Waals surface area contributed by atoms with Gasteiger partial charge >= 0.3 is 0 Å². The van der Waals surface area contributed by atoms with E-state index < -0.39 is 5.41 Å². The number of hydrogen-bond acceptors (Lipinski definition) is 1. The summed E-state index contributed by atoms with van der Waals surface area (Å²) in [6.45, 7) is 4.77. The van der Waals surface area contributed by atoms with E-state index in [9.17, 15) is 0 Å². The minimum absolute atomic E-state index is 0.146. The van der Waals surface area contributed by atoms with Gasteiger partial charge in [-0.05, 0) is 148 Å². The van der Waals surface area contributed by atoms with E-state index >= 15 is 0 Å². The van der Waals surface area contributed by atoms with E-state index in [-0.39, 0.29) is 5.41 Å². The van der Waals surface area contributed by atoms with Gasteiger partial charge in [0, 0.05) is 22.2 Å². The lowest BCUT2D eigenvalue weighted by Gasteiger charge is -2.33. The van der Waals surface area contributed by atoms with Crippen LogP contribution >= 0.6 is 0 Å². The number of anilines is 3. The molecular weight excluding hydrogens is 855 g/mol. The van der Waals surface area contributed by atoms with Crippen molar-refractivity contribution >= 4 is 72.3 Å². The van der Waals surface area contributed by atoms with E-state index in [2.05, 4.69) is 267 Å². The molecule has 0 saturated carbocycles. The number of benzene rings is 12. The first-order valence-corrected chi connectivity index (χ1v) is 25.4.